The van der Waals surface area contributed by atoms with E-state index in [2.05, 4.69) is 13.8 Å². The van der Waals surface area contributed by atoms with Gasteiger partial charge in [0.25, 0.3) is 11.7 Å². The van der Waals surface area contributed by atoms with Crippen molar-refractivity contribution in [2.45, 2.75) is 33.2 Å². The molecule has 188 valence electrons. The van der Waals surface area contributed by atoms with Crippen molar-refractivity contribution in [2.75, 3.05) is 40.9 Å². The zero-order valence-corrected chi connectivity index (χ0v) is 21.5. The van der Waals surface area contributed by atoms with E-state index in [1.807, 2.05) is 56.3 Å². The molecule has 0 saturated carbocycles. The number of amides is 1. The quantitative estimate of drug-likeness (QED) is 0.308. The maximum absolute atomic E-state index is 13.3. The van der Waals surface area contributed by atoms with Crippen LogP contribution in [0.4, 0.5) is 0 Å². The number of hydrogen-bond donors (Lipinski definition) is 1. The molecule has 0 spiro atoms. The summed E-state index contributed by atoms with van der Waals surface area (Å²) in [4.78, 5) is 30.1. The number of aliphatic hydroxyl groups excluding tert-OH is 1. The van der Waals surface area contributed by atoms with Crippen LogP contribution in [0.1, 0.15) is 43.0 Å². The fraction of sp³-hybridized carbons (Fsp3) is 0.429. The molecule has 0 aliphatic carbocycles. The third-order valence-corrected chi connectivity index (χ3v) is 5.91. The van der Waals surface area contributed by atoms with Gasteiger partial charge in [0.2, 0.25) is 0 Å². The van der Waals surface area contributed by atoms with E-state index in [4.69, 9.17) is 9.47 Å². The van der Waals surface area contributed by atoms with Gasteiger partial charge in [0.1, 0.15) is 17.3 Å². The number of rotatable bonds is 10. The first kappa shape index (κ1) is 26.3. The lowest BCUT2D eigenvalue weighted by molar-refractivity contribution is -0.139. The van der Waals surface area contributed by atoms with E-state index in [-0.39, 0.29) is 11.3 Å². The molecule has 1 amide bonds. The first-order chi connectivity index (χ1) is 16.6. The van der Waals surface area contributed by atoms with Gasteiger partial charge < -0.3 is 24.4 Å². The minimum Gasteiger partial charge on any atom is -0.507 e. The van der Waals surface area contributed by atoms with Crippen molar-refractivity contribution in [1.82, 2.24) is 9.80 Å². The first-order valence-electron chi connectivity index (χ1n) is 11.9. The summed E-state index contributed by atoms with van der Waals surface area (Å²) in [6, 6.07) is 12.0. The number of nitrogens with zero attached hydrogens (tertiary/aromatic N) is 2. The van der Waals surface area contributed by atoms with Gasteiger partial charge in [0, 0.05) is 6.54 Å². The Morgan fingerprint density at radius 2 is 1.89 bits per heavy atom. The van der Waals surface area contributed by atoms with Crippen molar-refractivity contribution in [3.8, 4) is 11.5 Å². The van der Waals surface area contributed by atoms with Crippen LogP contribution in [-0.2, 0) is 9.59 Å². The molecule has 1 fully saturated rings. The molecule has 1 N–H and O–H groups in total. The molecule has 2 aromatic rings. The summed E-state index contributed by atoms with van der Waals surface area (Å²) >= 11 is 0. The third kappa shape index (κ3) is 6.03. The molecule has 0 bridgehead atoms. The Bertz CT molecular complexity index is 1110. The fourth-order valence-electron chi connectivity index (χ4n) is 4.20. The Kier molecular flexibility index (Phi) is 8.57. The summed E-state index contributed by atoms with van der Waals surface area (Å²) in [5, 5.41) is 11.4. The molecule has 7 nitrogen and oxygen atoms in total. The molecule has 0 aromatic heterocycles. The number of hydrogen-bond acceptors (Lipinski definition) is 6. The van der Waals surface area contributed by atoms with Crippen molar-refractivity contribution < 1.29 is 24.2 Å². The van der Waals surface area contributed by atoms with E-state index in [9.17, 15) is 14.7 Å². The largest absolute Gasteiger partial charge is 0.507 e. The van der Waals surface area contributed by atoms with Crippen molar-refractivity contribution in [2.24, 2.45) is 5.92 Å². The van der Waals surface area contributed by atoms with Gasteiger partial charge in [-0.05, 0) is 69.7 Å². The topological polar surface area (TPSA) is 79.3 Å². The molecule has 1 aliphatic heterocycles. The standard InChI is InChI=1S/C28H36N2O5/c1-18(2)17-35-21-10-7-9-20(16-21)25-24(26(31)22-15-19(3)11-12-23(22)34-6)27(32)28(33)30(25)14-8-13-29(4)5/h7,9-12,15-16,18,25,31H,8,13-14,17H2,1-6H3/b26-24+. The number of Topliss-reactive ketones (excluding diaryl/α,β-unsaturated/α-hetero) is 1. The number of carbonyl (C=O) groups excluding carboxylic acids is 2. The zero-order chi connectivity index (χ0) is 25.7. The van der Waals surface area contributed by atoms with E-state index < -0.39 is 17.7 Å². The van der Waals surface area contributed by atoms with Gasteiger partial charge in [-0.2, -0.15) is 0 Å². The number of carbonyl (C=O) groups is 2. The molecule has 1 aliphatic rings. The Morgan fingerprint density at radius 3 is 2.54 bits per heavy atom. The number of aryl methyl sites for hydroxylation is 1. The van der Waals surface area contributed by atoms with Crippen LogP contribution < -0.4 is 9.47 Å². The second kappa shape index (κ2) is 11.4. The summed E-state index contributed by atoms with van der Waals surface area (Å²) in [6.45, 7) is 7.72. The average Bonchev–Trinajstić information content (AvgIpc) is 3.07. The molecular formula is C28H36N2O5. The van der Waals surface area contributed by atoms with Crippen molar-refractivity contribution >= 4 is 17.4 Å². The smallest absolute Gasteiger partial charge is 0.295 e. The van der Waals surface area contributed by atoms with Gasteiger partial charge in [-0.15, -0.1) is 0 Å². The summed E-state index contributed by atoms with van der Waals surface area (Å²) in [5.74, 6) is -0.116. The van der Waals surface area contributed by atoms with Gasteiger partial charge in [-0.3, -0.25) is 9.59 Å². The van der Waals surface area contributed by atoms with Crippen LogP contribution in [-0.4, -0.2) is 67.5 Å². The highest BCUT2D eigenvalue weighted by Gasteiger charge is 2.46. The van der Waals surface area contributed by atoms with Gasteiger partial charge in [0.05, 0.1) is 30.9 Å². The van der Waals surface area contributed by atoms with E-state index in [0.29, 0.717) is 48.1 Å². The maximum Gasteiger partial charge on any atom is 0.295 e. The highest BCUT2D eigenvalue weighted by molar-refractivity contribution is 6.46. The van der Waals surface area contributed by atoms with Gasteiger partial charge in [-0.25, -0.2) is 0 Å². The van der Waals surface area contributed by atoms with Crippen LogP contribution >= 0.6 is 0 Å². The van der Waals surface area contributed by atoms with Crippen LogP contribution in [0.3, 0.4) is 0 Å². The monoisotopic (exact) mass is 480 g/mol. The molecule has 1 atom stereocenters. The number of likely N-dealkylation sites (tertiary alicyclic amines) is 1. The molecular weight excluding hydrogens is 444 g/mol. The summed E-state index contributed by atoms with van der Waals surface area (Å²) < 4.78 is 11.4. The van der Waals surface area contributed by atoms with E-state index in [1.54, 1.807) is 17.0 Å². The normalized spacial score (nSPS) is 17.5. The summed E-state index contributed by atoms with van der Waals surface area (Å²) in [7, 11) is 5.44. The predicted molar refractivity (Wildman–Crippen MR) is 137 cm³/mol. The SMILES string of the molecule is COc1ccc(C)cc1/C(O)=C1\C(=O)C(=O)N(CCCN(C)C)C1c1cccc(OCC(C)C)c1. The van der Waals surface area contributed by atoms with Gasteiger partial charge in [-0.1, -0.05) is 37.6 Å². The maximum atomic E-state index is 13.3. The predicted octanol–water partition coefficient (Wildman–Crippen LogP) is 4.41. The zero-order valence-electron chi connectivity index (χ0n) is 21.5. The first-order valence-corrected chi connectivity index (χ1v) is 11.9. The number of ether oxygens (including phenoxy) is 2. The van der Waals surface area contributed by atoms with Crippen LogP contribution in [0.25, 0.3) is 5.76 Å². The summed E-state index contributed by atoms with van der Waals surface area (Å²) in [6.07, 6.45) is 0.688. The van der Waals surface area contributed by atoms with Gasteiger partial charge >= 0.3 is 0 Å². The van der Waals surface area contributed by atoms with Crippen LogP contribution in [0, 0.1) is 12.8 Å². The Labute approximate surface area is 207 Å². The third-order valence-electron chi connectivity index (χ3n) is 5.91. The lowest BCUT2D eigenvalue weighted by Crippen LogP contribution is -2.32. The minimum absolute atomic E-state index is 0.0600. The second-order valence-corrected chi connectivity index (χ2v) is 9.63. The molecule has 0 radical (unpaired) electrons. The van der Waals surface area contributed by atoms with Crippen LogP contribution in [0.15, 0.2) is 48.0 Å². The molecule has 1 saturated heterocycles. The van der Waals surface area contributed by atoms with Crippen molar-refractivity contribution in [1.29, 1.82) is 0 Å². The average molecular weight is 481 g/mol. The molecule has 1 unspecified atom stereocenters. The molecule has 2 aromatic carbocycles. The Morgan fingerprint density at radius 1 is 1.14 bits per heavy atom. The van der Waals surface area contributed by atoms with Crippen molar-refractivity contribution in [3.63, 3.8) is 0 Å². The van der Waals surface area contributed by atoms with E-state index >= 15 is 0 Å². The lowest BCUT2D eigenvalue weighted by atomic mass is 9.94. The van der Waals surface area contributed by atoms with E-state index in [1.165, 1.54) is 7.11 Å². The molecule has 7 heteroatoms. The molecule has 3 rings (SSSR count). The van der Waals surface area contributed by atoms with E-state index in [0.717, 1.165) is 12.1 Å². The van der Waals surface area contributed by atoms with Crippen LogP contribution in [0.5, 0.6) is 11.5 Å². The number of methoxy groups -OCH3 is 1. The minimum atomic E-state index is -0.731. The summed E-state index contributed by atoms with van der Waals surface area (Å²) in [5.41, 5.74) is 2.05. The molecule has 1 heterocycles. The number of benzene rings is 2. The van der Waals surface area contributed by atoms with Crippen molar-refractivity contribution in [3.05, 3.63) is 64.7 Å². The lowest BCUT2D eigenvalue weighted by Gasteiger charge is -2.26. The van der Waals surface area contributed by atoms with Crippen LogP contribution in [0.2, 0.25) is 0 Å². The van der Waals surface area contributed by atoms with Gasteiger partial charge in [0.15, 0.2) is 0 Å². The second-order valence-electron chi connectivity index (χ2n) is 9.63. The molecule has 35 heavy (non-hydrogen) atoms. The Hall–Kier alpha value is -3.32. The highest BCUT2D eigenvalue weighted by atomic mass is 16.5. The number of ketones is 1. The highest BCUT2D eigenvalue weighted by Crippen LogP contribution is 2.41. The number of aliphatic hydroxyl groups is 1. The fourth-order valence-corrected chi connectivity index (χ4v) is 4.20. The Balaban J connectivity index is 2.14.